The van der Waals surface area contributed by atoms with Crippen molar-refractivity contribution in [2.75, 3.05) is 18.0 Å². The summed E-state index contributed by atoms with van der Waals surface area (Å²) in [6.07, 6.45) is 5.28. The van der Waals surface area contributed by atoms with Gasteiger partial charge >= 0.3 is 0 Å². The zero-order chi connectivity index (χ0) is 17.4. The van der Waals surface area contributed by atoms with Crippen molar-refractivity contribution in [2.45, 2.75) is 55.9 Å². The van der Waals surface area contributed by atoms with Crippen molar-refractivity contribution in [2.24, 2.45) is 5.73 Å². The van der Waals surface area contributed by atoms with E-state index in [0.717, 1.165) is 44.1 Å². The van der Waals surface area contributed by atoms with E-state index in [1.807, 2.05) is 6.07 Å². The molecule has 1 fully saturated rings. The van der Waals surface area contributed by atoms with Gasteiger partial charge in [-0.1, -0.05) is 18.9 Å². The van der Waals surface area contributed by atoms with Crippen LogP contribution < -0.4 is 15.4 Å². The zero-order valence-electron chi connectivity index (χ0n) is 14.5. The van der Waals surface area contributed by atoms with Crippen molar-refractivity contribution in [3.8, 4) is 0 Å². The Bertz CT molecular complexity index is 746. The highest BCUT2D eigenvalue weighted by Gasteiger charge is 2.37. The molecular formula is C17H26ClN3O3S. The molecule has 1 heterocycles. The second-order valence-electron chi connectivity index (χ2n) is 6.86. The highest BCUT2D eigenvalue weighted by Crippen LogP contribution is 2.33. The molecule has 3 rings (SSSR count). The summed E-state index contributed by atoms with van der Waals surface area (Å²) in [7, 11) is -3.66. The van der Waals surface area contributed by atoms with Crippen LogP contribution in [0, 0.1) is 0 Å². The molecule has 1 saturated carbocycles. The van der Waals surface area contributed by atoms with Crippen molar-refractivity contribution < 1.29 is 13.2 Å². The minimum absolute atomic E-state index is 0. The average molecular weight is 388 g/mol. The number of hydrogen-bond donors (Lipinski definition) is 2. The molecule has 1 aromatic carbocycles. The van der Waals surface area contributed by atoms with Crippen LogP contribution >= 0.6 is 12.4 Å². The third-order valence-corrected chi connectivity index (χ3v) is 6.74. The number of rotatable bonds is 4. The number of nitrogens with zero attached hydrogens (tertiary/aromatic N) is 1. The number of nitrogens with two attached hydrogens (primary N) is 1. The van der Waals surface area contributed by atoms with Gasteiger partial charge in [-0.15, -0.1) is 12.4 Å². The topological polar surface area (TPSA) is 92.5 Å². The summed E-state index contributed by atoms with van der Waals surface area (Å²) in [5.74, 6) is -0.0623. The number of anilines is 1. The average Bonchev–Trinajstić information content (AvgIpc) is 3.02. The summed E-state index contributed by atoms with van der Waals surface area (Å²) in [5, 5.41) is 0. The molecule has 25 heavy (non-hydrogen) atoms. The second-order valence-corrected chi connectivity index (χ2v) is 8.54. The Kier molecular flexibility index (Phi) is 6.14. The molecule has 0 atom stereocenters. The molecule has 0 bridgehead atoms. The third-order valence-electron chi connectivity index (χ3n) is 5.17. The molecule has 1 aliphatic heterocycles. The number of fused-ring (bicyclic) bond motifs is 1. The Morgan fingerprint density at radius 2 is 1.96 bits per heavy atom. The Hall–Kier alpha value is -1.15. The van der Waals surface area contributed by atoms with Crippen molar-refractivity contribution in [3.63, 3.8) is 0 Å². The van der Waals surface area contributed by atoms with Gasteiger partial charge < -0.3 is 10.6 Å². The smallest absolute Gasteiger partial charge is 0.241 e. The molecule has 6 nitrogen and oxygen atoms in total. The van der Waals surface area contributed by atoms with Crippen molar-refractivity contribution in [1.82, 2.24) is 4.72 Å². The van der Waals surface area contributed by atoms with E-state index in [1.54, 1.807) is 17.0 Å². The molecule has 0 unspecified atom stereocenters. The van der Waals surface area contributed by atoms with Gasteiger partial charge in [0.05, 0.1) is 4.90 Å². The quantitative estimate of drug-likeness (QED) is 0.825. The van der Waals surface area contributed by atoms with Gasteiger partial charge in [0.15, 0.2) is 0 Å². The first-order valence-corrected chi connectivity index (χ1v) is 10.0. The van der Waals surface area contributed by atoms with E-state index < -0.39 is 15.6 Å². The summed E-state index contributed by atoms with van der Waals surface area (Å²) in [4.78, 5) is 13.7. The number of sulfonamides is 1. The van der Waals surface area contributed by atoms with Crippen LogP contribution in [-0.4, -0.2) is 33.0 Å². The number of hydrogen-bond acceptors (Lipinski definition) is 4. The van der Waals surface area contributed by atoms with E-state index in [4.69, 9.17) is 5.73 Å². The lowest BCUT2D eigenvalue weighted by atomic mass is 10.0. The van der Waals surface area contributed by atoms with E-state index in [2.05, 4.69) is 4.72 Å². The van der Waals surface area contributed by atoms with E-state index in [0.29, 0.717) is 18.8 Å². The van der Waals surface area contributed by atoms with Gasteiger partial charge in [0.1, 0.15) is 0 Å². The highest BCUT2D eigenvalue weighted by atomic mass is 35.5. The van der Waals surface area contributed by atoms with Gasteiger partial charge in [-0.25, -0.2) is 13.1 Å². The minimum Gasteiger partial charge on any atom is -0.329 e. The Labute approximate surface area is 155 Å². The molecule has 0 saturated heterocycles. The maximum Gasteiger partial charge on any atom is 0.241 e. The van der Waals surface area contributed by atoms with Crippen LogP contribution in [0.1, 0.15) is 44.6 Å². The molecule has 140 valence electrons. The van der Waals surface area contributed by atoms with Crippen LogP contribution in [0.25, 0.3) is 0 Å². The molecule has 3 N–H and O–H groups in total. The van der Waals surface area contributed by atoms with Crippen LogP contribution in [0.4, 0.5) is 5.69 Å². The summed E-state index contributed by atoms with van der Waals surface area (Å²) < 4.78 is 28.5. The lowest BCUT2D eigenvalue weighted by Crippen LogP contribution is -2.51. The number of halogens is 1. The molecule has 8 heteroatoms. The monoisotopic (exact) mass is 387 g/mol. The Balaban J connectivity index is 0.00000225. The van der Waals surface area contributed by atoms with Gasteiger partial charge in [0.25, 0.3) is 0 Å². The van der Waals surface area contributed by atoms with E-state index in [1.165, 1.54) is 6.92 Å². The predicted octanol–water partition coefficient (Wildman–Crippen LogP) is 1.96. The fraction of sp³-hybridized carbons (Fsp3) is 0.588. The van der Waals surface area contributed by atoms with Gasteiger partial charge in [-0.3, -0.25) is 4.79 Å². The van der Waals surface area contributed by atoms with E-state index in [9.17, 15) is 13.2 Å². The molecule has 0 aromatic heterocycles. The first-order valence-electron chi connectivity index (χ1n) is 8.52. The Morgan fingerprint density at radius 3 is 2.56 bits per heavy atom. The number of nitrogens with one attached hydrogen (secondary N) is 1. The SMILES string of the molecule is CC(=O)N1CCCc2ccc(S(=O)(=O)NC3(CN)CCCC3)cc21.Cl. The van der Waals surface area contributed by atoms with Crippen LogP contribution in [0.5, 0.6) is 0 Å². The van der Waals surface area contributed by atoms with Gasteiger partial charge in [-0.05, 0) is 43.4 Å². The first-order chi connectivity index (χ1) is 11.4. The summed E-state index contributed by atoms with van der Waals surface area (Å²) >= 11 is 0. The van der Waals surface area contributed by atoms with Crippen LogP contribution in [-0.2, 0) is 21.2 Å². The number of benzene rings is 1. The molecule has 1 aromatic rings. The maximum absolute atomic E-state index is 12.8. The minimum atomic E-state index is -3.66. The van der Waals surface area contributed by atoms with Crippen molar-refractivity contribution in [1.29, 1.82) is 0 Å². The number of amides is 1. The molecular weight excluding hydrogens is 362 g/mol. The summed E-state index contributed by atoms with van der Waals surface area (Å²) in [5.41, 5.74) is 7.05. The van der Waals surface area contributed by atoms with Crippen LogP contribution in [0.2, 0.25) is 0 Å². The van der Waals surface area contributed by atoms with E-state index >= 15 is 0 Å². The van der Waals surface area contributed by atoms with Crippen molar-refractivity contribution in [3.05, 3.63) is 23.8 Å². The van der Waals surface area contributed by atoms with Gasteiger partial charge in [-0.2, -0.15) is 0 Å². The first kappa shape index (κ1) is 20.2. The standard InChI is InChI=1S/C17H25N3O3S.ClH/c1-13(21)20-10-4-5-14-6-7-15(11-16(14)20)24(22,23)19-17(12-18)8-2-3-9-17;/h6-7,11,19H,2-5,8-10,12,18H2,1H3;1H. The number of carbonyl (C=O) groups excluding carboxylic acids is 1. The summed E-state index contributed by atoms with van der Waals surface area (Å²) in [6.45, 7) is 2.44. The molecule has 1 aliphatic carbocycles. The molecule has 2 aliphatic rings. The fourth-order valence-corrected chi connectivity index (χ4v) is 5.28. The number of aryl methyl sites for hydroxylation is 1. The van der Waals surface area contributed by atoms with Gasteiger partial charge in [0.2, 0.25) is 15.9 Å². The second kappa shape index (κ2) is 7.61. The Morgan fingerprint density at radius 1 is 1.28 bits per heavy atom. The lowest BCUT2D eigenvalue weighted by molar-refractivity contribution is -0.116. The van der Waals surface area contributed by atoms with Crippen LogP contribution in [0.15, 0.2) is 23.1 Å². The zero-order valence-corrected chi connectivity index (χ0v) is 16.1. The third kappa shape index (κ3) is 4.00. The highest BCUT2D eigenvalue weighted by molar-refractivity contribution is 7.89. The van der Waals surface area contributed by atoms with Crippen LogP contribution in [0.3, 0.4) is 0 Å². The number of carbonyl (C=O) groups is 1. The normalized spacial score (nSPS) is 19.2. The van der Waals surface area contributed by atoms with Crippen molar-refractivity contribution >= 4 is 34.0 Å². The van der Waals surface area contributed by atoms with E-state index in [-0.39, 0.29) is 23.2 Å². The maximum atomic E-state index is 12.8. The molecule has 1 amide bonds. The largest absolute Gasteiger partial charge is 0.329 e. The molecule has 0 spiro atoms. The summed E-state index contributed by atoms with van der Waals surface area (Å²) in [6, 6.07) is 5.07. The predicted molar refractivity (Wildman–Crippen MR) is 101 cm³/mol. The fourth-order valence-electron chi connectivity index (χ4n) is 3.79. The van der Waals surface area contributed by atoms with Gasteiger partial charge in [0, 0.05) is 31.2 Å². The molecule has 0 radical (unpaired) electrons. The lowest BCUT2D eigenvalue weighted by Gasteiger charge is -2.30.